The summed E-state index contributed by atoms with van der Waals surface area (Å²) in [6.45, 7) is 1.03. The molecule has 0 aromatic heterocycles. The van der Waals surface area contributed by atoms with Gasteiger partial charge in [0, 0.05) is 0 Å². The Bertz CT molecular complexity index is 377. The molecule has 0 amide bonds. The van der Waals surface area contributed by atoms with Gasteiger partial charge in [0.25, 0.3) is 0 Å². The van der Waals surface area contributed by atoms with Gasteiger partial charge in [-0.2, -0.15) is 0 Å². The first-order valence-corrected chi connectivity index (χ1v) is 5.83. The second-order valence-corrected chi connectivity index (χ2v) is 4.79. The Hall–Kier alpha value is -0.860. The zero-order valence-corrected chi connectivity index (χ0v) is 8.87. The van der Waals surface area contributed by atoms with Crippen molar-refractivity contribution in [2.45, 2.75) is 37.3 Å². The van der Waals surface area contributed by atoms with E-state index in [9.17, 15) is 5.11 Å². The molecule has 2 nitrogen and oxygen atoms in total. The van der Waals surface area contributed by atoms with Crippen LogP contribution in [-0.4, -0.2) is 17.3 Å². The van der Waals surface area contributed by atoms with Crippen molar-refractivity contribution in [2.24, 2.45) is 0 Å². The zero-order valence-electron chi connectivity index (χ0n) is 8.87. The molecule has 1 fully saturated rings. The molecular formula is C13H17NO. The third-order valence-corrected chi connectivity index (χ3v) is 3.87. The van der Waals surface area contributed by atoms with Gasteiger partial charge in [-0.25, -0.2) is 0 Å². The number of aryl methyl sites for hydroxylation is 1. The molecule has 1 aliphatic heterocycles. The molecule has 1 heterocycles. The van der Waals surface area contributed by atoms with Crippen molar-refractivity contribution in [2.75, 3.05) is 6.54 Å². The quantitative estimate of drug-likeness (QED) is 0.673. The highest BCUT2D eigenvalue weighted by molar-refractivity contribution is 5.35. The standard InChI is InChI=1S/C13H17NO/c15-13-7-3-9-14-12(13)11-5-2-1-4-10(11)6-8-13/h1-2,4-5,12,14-15H,3,6-9H2/t12-,13-/m0/s1. The summed E-state index contributed by atoms with van der Waals surface area (Å²) in [6, 6.07) is 8.66. The topological polar surface area (TPSA) is 32.3 Å². The van der Waals surface area contributed by atoms with Crippen molar-refractivity contribution in [3.05, 3.63) is 35.4 Å². The molecular weight excluding hydrogens is 186 g/mol. The molecule has 2 aliphatic rings. The maximum atomic E-state index is 10.6. The second kappa shape index (κ2) is 3.32. The van der Waals surface area contributed by atoms with Crippen LogP contribution in [0.15, 0.2) is 24.3 Å². The summed E-state index contributed by atoms with van der Waals surface area (Å²) in [7, 11) is 0. The van der Waals surface area contributed by atoms with E-state index in [1.54, 1.807) is 0 Å². The number of rotatable bonds is 0. The number of aliphatic hydroxyl groups is 1. The van der Waals surface area contributed by atoms with Gasteiger partial charge in [-0.15, -0.1) is 0 Å². The molecule has 15 heavy (non-hydrogen) atoms. The van der Waals surface area contributed by atoms with E-state index in [0.717, 1.165) is 32.2 Å². The van der Waals surface area contributed by atoms with Crippen molar-refractivity contribution in [1.82, 2.24) is 5.32 Å². The molecule has 2 N–H and O–H groups in total. The smallest absolute Gasteiger partial charge is 0.0845 e. The van der Waals surface area contributed by atoms with Crippen LogP contribution < -0.4 is 5.32 Å². The SMILES string of the molecule is O[C@]12CCCN[C@H]1c1ccccc1CC2. The Morgan fingerprint density at radius 2 is 2.13 bits per heavy atom. The molecule has 1 aromatic rings. The summed E-state index contributed by atoms with van der Waals surface area (Å²) in [4.78, 5) is 0. The Morgan fingerprint density at radius 3 is 3.07 bits per heavy atom. The van der Waals surface area contributed by atoms with Crippen molar-refractivity contribution < 1.29 is 5.11 Å². The second-order valence-electron chi connectivity index (χ2n) is 4.79. The van der Waals surface area contributed by atoms with Crippen LogP contribution >= 0.6 is 0 Å². The fourth-order valence-electron chi connectivity index (χ4n) is 3.04. The van der Waals surface area contributed by atoms with Crippen LogP contribution in [0.25, 0.3) is 0 Å². The summed E-state index contributed by atoms with van der Waals surface area (Å²) in [5, 5.41) is 14.0. The number of hydrogen-bond donors (Lipinski definition) is 2. The first kappa shape index (κ1) is 9.37. The van der Waals surface area contributed by atoms with E-state index in [2.05, 4.69) is 29.6 Å². The fraction of sp³-hybridized carbons (Fsp3) is 0.538. The lowest BCUT2D eigenvalue weighted by Crippen LogP contribution is -2.51. The van der Waals surface area contributed by atoms with Gasteiger partial charge in [0.05, 0.1) is 11.6 Å². The maximum absolute atomic E-state index is 10.6. The molecule has 0 radical (unpaired) electrons. The molecule has 80 valence electrons. The lowest BCUT2D eigenvalue weighted by Gasteiger charge is -2.45. The number of benzene rings is 1. The molecule has 2 atom stereocenters. The summed E-state index contributed by atoms with van der Waals surface area (Å²) in [6.07, 6.45) is 3.96. The maximum Gasteiger partial charge on any atom is 0.0845 e. The Morgan fingerprint density at radius 1 is 1.27 bits per heavy atom. The van der Waals surface area contributed by atoms with Crippen molar-refractivity contribution in [1.29, 1.82) is 0 Å². The number of hydrogen-bond acceptors (Lipinski definition) is 2. The fourth-order valence-corrected chi connectivity index (χ4v) is 3.04. The molecule has 0 bridgehead atoms. The number of piperidine rings is 1. The van der Waals surface area contributed by atoms with Gasteiger partial charge in [0.15, 0.2) is 0 Å². The molecule has 0 spiro atoms. The third kappa shape index (κ3) is 1.40. The molecule has 1 saturated heterocycles. The first-order chi connectivity index (χ1) is 7.30. The van der Waals surface area contributed by atoms with E-state index in [0.29, 0.717) is 0 Å². The normalized spacial score (nSPS) is 34.3. The molecule has 0 saturated carbocycles. The van der Waals surface area contributed by atoms with E-state index in [1.807, 2.05) is 0 Å². The van der Waals surface area contributed by atoms with Crippen molar-refractivity contribution in [3.8, 4) is 0 Å². The van der Waals surface area contributed by atoms with Gasteiger partial charge >= 0.3 is 0 Å². The van der Waals surface area contributed by atoms with Crippen LogP contribution in [0.5, 0.6) is 0 Å². The first-order valence-electron chi connectivity index (χ1n) is 5.83. The summed E-state index contributed by atoms with van der Waals surface area (Å²) >= 11 is 0. The summed E-state index contributed by atoms with van der Waals surface area (Å²) < 4.78 is 0. The average Bonchev–Trinajstić information content (AvgIpc) is 2.28. The van der Waals surface area contributed by atoms with Gasteiger partial charge in [-0.05, 0) is 43.4 Å². The minimum Gasteiger partial charge on any atom is -0.388 e. The molecule has 1 aliphatic carbocycles. The number of fused-ring (bicyclic) bond motifs is 3. The van der Waals surface area contributed by atoms with Crippen LogP contribution in [0.4, 0.5) is 0 Å². The molecule has 1 aromatic carbocycles. The molecule has 2 heteroatoms. The van der Waals surface area contributed by atoms with Crippen molar-refractivity contribution >= 4 is 0 Å². The number of nitrogens with one attached hydrogen (secondary N) is 1. The third-order valence-electron chi connectivity index (χ3n) is 3.87. The zero-order chi connectivity index (χ0) is 10.3. The minimum absolute atomic E-state index is 0.163. The Labute approximate surface area is 90.3 Å². The summed E-state index contributed by atoms with van der Waals surface area (Å²) in [5.41, 5.74) is 2.22. The highest BCUT2D eigenvalue weighted by Crippen LogP contribution is 2.41. The van der Waals surface area contributed by atoms with E-state index in [4.69, 9.17) is 0 Å². The summed E-state index contributed by atoms with van der Waals surface area (Å²) in [5.74, 6) is 0. The van der Waals surface area contributed by atoms with Crippen LogP contribution in [0.3, 0.4) is 0 Å². The molecule has 0 unspecified atom stereocenters. The minimum atomic E-state index is -0.493. The van der Waals surface area contributed by atoms with Crippen LogP contribution in [0, 0.1) is 0 Å². The van der Waals surface area contributed by atoms with Gasteiger partial charge in [0.1, 0.15) is 0 Å². The van der Waals surface area contributed by atoms with Gasteiger partial charge in [-0.3, -0.25) is 0 Å². The van der Waals surface area contributed by atoms with Gasteiger partial charge < -0.3 is 10.4 Å². The Kier molecular flexibility index (Phi) is 2.08. The van der Waals surface area contributed by atoms with E-state index in [-0.39, 0.29) is 6.04 Å². The van der Waals surface area contributed by atoms with Crippen LogP contribution in [0.1, 0.15) is 36.4 Å². The predicted molar refractivity (Wildman–Crippen MR) is 59.7 cm³/mol. The van der Waals surface area contributed by atoms with Crippen LogP contribution in [0.2, 0.25) is 0 Å². The van der Waals surface area contributed by atoms with Gasteiger partial charge in [0.2, 0.25) is 0 Å². The van der Waals surface area contributed by atoms with Crippen LogP contribution in [-0.2, 0) is 6.42 Å². The van der Waals surface area contributed by atoms with E-state index in [1.165, 1.54) is 11.1 Å². The predicted octanol–water partition coefficient (Wildman–Crippen LogP) is 1.79. The highest BCUT2D eigenvalue weighted by atomic mass is 16.3. The Balaban J connectivity index is 2.05. The lowest BCUT2D eigenvalue weighted by atomic mass is 9.72. The average molecular weight is 203 g/mol. The largest absolute Gasteiger partial charge is 0.388 e. The van der Waals surface area contributed by atoms with E-state index < -0.39 is 5.60 Å². The monoisotopic (exact) mass is 203 g/mol. The van der Waals surface area contributed by atoms with Crippen molar-refractivity contribution in [3.63, 3.8) is 0 Å². The highest BCUT2D eigenvalue weighted by Gasteiger charge is 2.42. The van der Waals surface area contributed by atoms with E-state index >= 15 is 0 Å². The lowest BCUT2D eigenvalue weighted by molar-refractivity contribution is -0.0374. The molecule has 3 rings (SSSR count). The van der Waals surface area contributed by atoms with Gasteiger partial charge in [-0.1, -0.05) is 24.3 Å².